The van der Waals surface area contributed by atoms with Crippen molar-refractivity contribution < 1.29 is 9.47 Å². The zero-order valence-corrected chi connectivity index (χ0v) is 8.51. The third-order valence-electron chi connectivity index (χ3n) is 2.15. The minimum atomic E-state index is 0.433. The van der Waals surface area contributed by atoms with Crippen LogP contribution in [0.15, 0.2) is 12.1 Å². The molecule has 1 aliphatic heterocycles. The SMILES string of the molecule is NCc1ccc(Cl)c2c1OCCCO2. The number of hydrogen-bond acceptors (Lipinski definition) is 3. The maximum atomic E-state index is 6.00. The number of halogens is 1. The molecule has 3 nitrogen and oxygen atoms in total. The van der Waals surface area contributed by atoms with Gasteiger partial charge in [0, 0.05) is 18.5 Å². The van der Waals surface area contributed by atoms with E-state index in [9.17, 15) is 0 Å². The summed E-state index contributed by atoms with van der Waals surface area (Å²) in [4.78, 5) is 0. The molecular formula is C10H12ClNO2. The predicted molar refractivity (Wildman–Crippen MR) is 55.0 cm³/mol. The van der Waals surface area contributed by atoms with Gasteiger partial charge in [0.15, 0.2) is 11.5 Å². The molecule has 1 aliphatic rings. The van der Waals surface area contributed by atoms with Gasteiger partial charge in [0.25, 0.3) is 0 Å². The molecule has 4 heteroatoms. The highest BCUT2D eigenvalue weighted by molar-refractivity contribution is 6.32. The summed E-state index contributed by atoms with van der Waals surface area (Å²) >= 11 is 6.00. The molecular weight excluding hydrogens is 202 g/mol. The Bertz CT molecular complexity index is 341. The summed E-state index contributed by atoms with van der Waals surface area (Å²) in [6.45, 7) is 1.73. The van der Waals surface area contributed by atoms with Gasteiger partial charge in [0.2, 0.25) is 0 Å². The van der Waals surface area contributed by atoms with Gasteiger partial charge in [-0.15, -0.1) is 0 Å². The van der Waals surface area contributed by atoms with Crippen molar-refractivity contribution >= 4 is 11.6 Å². The first-order chi connectivity index (χ1) is 6.83. The van der Waals surface area contributed by atoms with Gasteiger partial charge < -0.3 is 15.2 Å². The summed E-state index contributed by atoms with van der Waals surface area (Å²) in [6, 6.07) is 3.66. The first-order valence-electron chi connectivity index (χ1n) is 4.60. The highest BCUT2D eigenvalue weighted by atomic mass is 35.5. The molecule has 0 saturated carbocycles. The molecule has 0 saturated heterocycles. The van der Waals surface area contributed by atoms with Crippen LogP contribution in [0.25, 0.3) is 0 Å². The van der Waals surface area contributed by atoms with E-state index in [4.69, 9.17) is 26.8 Å². The maximum absolute atomic E-state index is 6.00. The summed E-state index contributed by atoms with van der Waals surface area (Å²) in [6.07, 6.45) is 0.870. The zero-order chi connectivity index (χ0) is 9.97. The summed E-state index contributed by atoms with van der Waals surface area (Å²) in [5.74, 6) is 1.34. The first kappa shape index (κ1) is 9.62. The van der Waals surface area contributed by atoms with E-state index in [1.165, 1.54) is 0 Å². The Morgan fingerprint density at radius 3 is 2.64 bits per heavy atom. The quantitative estimate of drug-likeness (QED) is 0.776. The fraction of sp³-hybridized carbons (Fsp3) is 0.400. The number of rotatable bonds is 1. The molecule has 2 N–H and O–H groups in total. The second-order valence-electron chi connectivity index (χ2n) is 3.12. The van der Waals surface area contributed by atoms with Crippen LogP contribution in [-0.4, -0.2) is 13.2 Å². The van der Waals surface area contributed by atoms with Crippen molar-refractivity contribution in [3.63, 3.8) is 0 Å². The molecule has 1 heterocycles. The standard InChI is InChI=1S/C10H12ClNO2/c11-8-3-2-7(6-12)9-10(8)14-5-1-4-13-9/h2-3H,1,4-6,12H2. The van der Waals surface area contributed by atoms with Crippen LogP contribution in [0.1, 0.15) is 12.0 Å². The van der Waals surface area contributed by atoms with Crippen LogP contribution in [0, 0.1) is 0 Å². The number of fused-ring (bicyclic) bond motifs is 1. The largest absolute Gasteiger partial charge is 0.489 e. The summed E-state index contributed by atoms with van der Waals surface area (Å²) < 4.78 is 11.1. The normalized spacial score (nSPS) is 15.0. The molecule has 0 aliphatic carbocycles. The van der Waals surface area contributed by atoms with Gasteiger partial charge in [0.05, 0.1) is 18.2 Å². The van der Waals surface area contributed by atoms with E-state index in [1.54, 1.807) is 6.07 Å². The van der Waals surface area contributed by atoms with E-state index in [1.807, 2.05) is 6.07 Å². The predicted octanol–water partition coefficient (Wildman–Crippen LogP) is 1.96. The van der Waals surface area contributed by atoms with Crippen LogP contribution in [0.4, 0.5) is 0 Å². The van der Waals surface area contributed by atoms with Gasteiger partial charge in [-0.2, -0.15) is 0 Å². The number of nitrogens with two attached hydrogens (primary N) is 1. The van der Waals surface area contributed by atoms with E-state index in [2.05, 4.69) is 0 Å². The topological polar surface area (TPSA) is 44.5 Å². The average Bonchev–Trinajstić information content (AvgIpc) is 2.44. The van der Waals surface area contributed by atoms with E-state index in [0.717, 1.165) is 12.0 Å². The zero-order valence-electron chi connectivity index (χ0n) is 7.75. The molecule has 76 valence electrons. The monoisotopic (exact) mass is 213 g/mol. The molecule has 0 atom stereocenters. The van der Waals surface area contributed by atoms with Crippen LogP contribution in [0.5, 0.6) is 11.5 Å². The Hall–Kier alpha value is -0.930. The number of ether oxygens (including phenoxy) is 2. The molecule has 0 amide bonds. The lowest BCUT2D eigenvalue weighted by Crippen LogP contribution is -2.02. The highest BCUT2D eigenvalue weighted by Gasteiger charge is 2.17. The van der Waals surface area contributed by atoms with Crippen LogP contribution in [-0.2, 0) is 6.54 Å². The van der Waals surface area contributed by atoms with Gasteiger partial charge >= 0.3 is 0 Å². The molecule has 0 fully saturated rings. The van der Waals surface area contributed by atoms with Crippen molar-refractivity contribution in [1.82, 2.24) is 0 Å². The molecule has 0 spiro atoms. The van der Waals surface area contributed by atoms with Crippen molar-refractivity contribution in [3.05, 3.63) is 22.7 Å². The van der Waals surface area contributed by atoms with Crippen molar-refractivity contribution in [2.45, 2.75) is 13.0 Å². The molecule has 0 radical (unpaired) electrons. The Morgan fingerprint density at radius 2 is 1.93 bits per heavy atom. The molecule has 0 unspecified atom stereocenters. The lowest BCUT2D eigenvalue weighted by atomic mass is 10.2. The van der Waals surface area contributed by atoms with E-state index in [-0.39, 0.29) is 0 Å². The lowest BCUT2D eigenvalue weighted by Gasteiger charge is -2.12. The Labute approximate surface area is 87.8 Å². The van der Waals surface area contributed by atoms with Crippen molar-refractivity contribution in [2.24, 2.45) is 5.73 Å². The van der Waals surface area contributed by atoms with Gasteiger partial charge in [-0.1, -0.05) is 17.7 Å². The van der Waals surface area contributed by atoms with E-state index >= 15 is 0 Å². The summed E-state index contributed by atoms with van der Waals surface area (Å²) in [5.41, 5.74) is 6.53. The maximum Gasteiger partial charge on any atom is 0.180 e. The Kier molecular flexibility index (Phi) is 2.79. The van der Waals surface area contributed by atoms with Gasteiger partial charge in [-0.05, 0) is 6.07 Å². The van der Waals surface area contributed by atoms with Crippen molar-refractivity contribution in [1.29, 1.82) is 0 Å². The molecule has 2 rings (SSSR count). The van der Waals surface area contributed by atoms with Crippen LogP contribution < -0.4 is 15.2 Å². The van der Waals surface area contributed by atoms with Crippen LogP contribution >= 0.6 is 11.6 Å². The Morgan fingerprint density at radius 1 is 1.21 bits per heavy atom. The molecule has 14 heavy (non-hydrogen) atoms. The van der Waals surface area contributed by atoms with Crippen LogP contribution in [0.3, 0.4) is 0 Å². The summed E-state index contributed by atoms with van der Waals surface area (Å²) in [7, 11) is 0. The molecule has 1 aromatic rings. The number of hydrogen-bond donors (Lipinski definition) is 1. The number of benzene rings is 1. The van der Waals surface area contributed by atoms with Crippen molar-refractivity contribution in [3.8, 4) is 11.5 Å². The van der Waals surface area contributed by atoms with E-state index in [0.29, 0.717) is 36.3 Å². The van der Waals surface area contributed by atoms with Crippen molar-refractivity contribution in [2.75, 3.05) is 13.2 Å². The smallest absolute Gasteiger partial charge is 0.180 e. The van der Waals surface area contributed by atoms with Gasteiger partial charge in [-0.3, -0.25) is 0 Å². The minimum absolute atomic E-state index is 0.433. The summed E-state index contributed by atoms with van der Waals surface area (Å²) in [5, 5.41) is 0.583. The fourth-order valence-electron chi connectivity index (χ4n) is 1.44. The van der Waals surface area contributed by atoms with Gasteiger partial charge in [0.1, 0.15) is 0 Å². The lowest BCUT2D eigenvalue weighted by molar-refractivity contribution is 0.296. The molecule has 1 aromatic carbocycles. The second kappa shape index (κ2) is 4.07. The third kappa shape index (κ3) is 1.65. The molecule has 0 bridgehead atoms. The first-order valence-corrected chi connectivity index (χ1v) is 4.98. The Balaban J connectivity index is 2.49. The third-order valence-corrected chi connectivity index (χ3v) is 2.44. The van der Waals surface area contributed by atoms with E-state index < -0.39 is 0 Å². The minimum Gasteiger partial charge on any atom is -0.489 e. The van der Waals surface area contributed by atoms with Crippen LogP contribution in [0.2, 0.25) is 5.02 Å². The average molecular weight is 214 g/mol. The molecule has 0 aromatic heterocycles. The fourth-order valence-corrected chi connectivity index (χ4v) is 1.64. The highest BCUT2D eigenvalue weighted by Crippen LogP contribution is 2.39. The van der Waals surface area contributed by atoms with Gasteiger partial charge in [-0.25, -0.2) is 0 Å². The second-order valence-corrected chi connectivity index (χ2v) is 3.53.